The summed E-state index contributed by atoms with van der Waals surface area (Å²) in [7, 11) is 0. The van der Waals surface area contributed by atoms with Crippen molar-refractivity contribution in [3.05, 3.63) is 28.5 Å². The molecule has 0 aromatic carbocycles. The molecule has 0 radical (unpaired) electrons. The number of H-pyrrole nitrogens is 2. The lowest BCUT2D eigenvalue weighted by atomic mass is 10.0. The van der Waals surface area contributed by atoms with Gasteiger partial charge in [-0.05, 0) is 25.5 Å². The molecule has 7 nitrogen and oxygen atoms in total. The van der Waals surface area contributed by atoms with E-state index in [1.165, 1.54) is 0 Å². The summed E-state index contributed by atoms with van der Waals surface area (Å²) in [5, 5.41) is 9.55. The van der Waals surface area contributed by atoms with Gasteiger partial charge in [-0.15, -0.1) is 0 Å². The number of aliphatic imine (C=N–C) groups is 1. The quantitative estimate of drug-likeness (QED) is 0.732. The maximum atomic E-state index is 11.1. The number of allylic oxidation sites excluding steroid dienone is 1. The van der Waals surface area contributed by atoms with Gasteiger partial charge in [0.2, 0.25) is 0 Å². The van der Waals surface area contributed by atoms with E-state index < -0.39 is 0 Å². The molecular weight excluding hydrogens is 258 g/mol. The standard InChI is InChI=1S/C13H19N5O2/c1-2-8-3-4-10(11-16-13(19)18-17-11)15-12(8)20-9-5-6-14-7-9/h3-4,8-9,12,14H,2,5-7H2,1H3,(H2,16,17,18,19)/t8?,9-,12?/m0/s1. The third-order valence-electron chi connectivity index (χ3n) is 3.70. The minimum atomic E-state index is -0.328. The number of dihydropyridines is 1. The summed E-state index contributed by atoms with van der Waals surface area (Å²) in [5.74, 6) is 0.726. The minimum absolute atomic E-state index is 0.204. The summed E-state index contributed by atoms with van der Waals surface area (Å²) in [5.41, 5.74) is 0.329. The van der Waals surface area contributed by atoms with Crippen LogP contribution in [0.5, 0.6) is 0 Å². The molecule has 0 spiro atoms. The number of aromatic nitrogens is 3. The van der Waals surface area contributed by atoms with Crippen LogP contribution in [0.3, 0.4) is 0 Å². The summed E-state index contributed by atoms with van der Waals surface area (Å²) >= 11 is 0. The van der Waals surface area contributed by atoms with Crippen molar-refractivity contribution in [2.75, 3.05) is 13.1 Å². The molecule has 20 heavy (non-hydrogen) atoms. The molecular formula is C13H19N5O2. The molecule has 2 aliphatic rings. The van der Waals surface area contributed by atoms with Gasteiger partial charge >= 0.3 is 5.69 Å². The van der Waals surface area contributed by atoms with Gasteiger partial charge in [0.05, 0.1) is 6.10 Å². The van der Waals surface area contributed by atoms with Crippen molar-refractivity contribution < 1.29 is 4.74 Å². The molecule has 2 unspecified atom stereocenters. The minimum Gasteiger partial charge on any atom is -0.351 e. The van der Waals surface area contributed by atoms with Crippen molar-refractivity contribution in [1.82, 2.24) is 20.5 Å². The average molecular weight is 277 g/mol. The van der Waals surface area contributed by atoms with E-state index in [2.05, 4.69) is 38.5 Å². The van der Waals surface area contributed by atoms with Crippen molar-refractivity contribution in [2.24, 2.45) is 10.9 Å². The van der Waals surface area contributed by atoms with E-state index in [1.54, 1.807) is 0 Å². The van der Waals surface area contributed by atoms with Gasteiger partial charge in [0, 0.05) is 12.5 Å². The average Bonchev–Trinajstić information content (AvgIpc) is 3.10. The first-order chi connectivity index (χ1) is 9.76. The molecule has 1 fully saturated rings. The fourth-order valence-corrected chi connectivity index (χ4v) is 2.53. The molecule has 3 rings (SSSR count). The Hall–Kier alpha value is -1.73. The number of hydrogen-bond acceptors (Lipinski definition) is 5. The number of ether oxygens (including phenoxy) is 1. The molecule has 1 aromatic rings. The Morgan fingerprint density at radius 2 is 2.40 bits per heavy atom. The van der Waals surface area contributed by atoms with Crippen LogP contribution >= 0.6 is 0 Å². The van der Waals surface area contributed by atoms with Gasteiger partial charge < -0.3 is 10.1 Å². The van der Waals surface area contributed by atoms with Crippen molar-refractivity contribution in [3.8, 4) is 0 Å². The topological polar surface area (TPSA) is 95.2 Å². The van der Waals surface area contributed by atoms with Crippen molar-refractivity contribution in [1.29, 1.82) is 0 Å². The van der Waals surface area contributed by atoms with Crippen molar-refractivity contribution >= 4 is 5.71 Å². The lowest BCUT2D eigenvalue weighted by Gasteiger charge is -2.26. The summed E-state index contributed by atoms with van der Waals surface area (Å²) in [6.45, 7) is 3.99. The van der Waals surface area contributed by atoms with Crippen molar-refractivity contribution in [3.63, 3.8) is 0 Å². The highest BCUT2D eigenvalue weighted by Gasteiger charge is 2.27. The van der Waals surface area contributed by atoms with E-state index in [-0.39, 0.29) is 23.9 Å². The van der Waals surface area contributed by atoms with Gasteiger partial charge in [0.25, 0.3) is 0 Å². The molecule has 1 saturated heterocycles. The van der Waals surface area contributed by atoms with E-state index in [1.807, 2.05) is 6.08 Å². The molecule has 0 amide bonds. The van der Waals surface area contributed by atoms with Crippen molar-refractivity contribution in [2.45, 2.75) is 32.1 Å². The Kier molecular flexibility index (Phi) is 3.79. The van der Waals surface area contributed by atoms with Gasteiger partial charge in [-0.2, -0.15) is 5.10 Å². The zero-order chi connectivity index (χ0) is 13.9. The van der Waals surface area contributed by atoms with Crippen LogP contribution < -0.4 is 11.0 Å². The van der Waals surface area contributed by atoms with Crippen LogP contribution in [0.25, 0.3) is 0 Å². The van der Waals surface area contributed by atoms with E-state index >= 15 is 0 Å². The van der Waals surface area contributed by atoms with Gasteiger partial charge in [0.15, 0.2) is 12.1 Å². The second kappa shape index (κ2) is 5.72. The van der Waals surface area contributed by atoms with Crippen LogP contribution in [0, 0.1) is 5.92 Å². The Balaban J connectivity index is 1.79. The Bertz CT molecular complexity index is 567. The SMILES string of the molecule is CCC1C=CC(c2n[nH]c(=O)[nH]2)=NC1O[C@H]1CCNC1. The monoisotopic (exact) mass is 277 g/mol. The Morgan fingerprint density at radius 1 is 1.50 bits per heavy atom. The molecule has 2 aliphatic heterocycles. The fourth-order valence-electron chi connectivity index (χ4n) is 2.53. The molecule has 108 valence electrons. The maximum Gasteiger partial charge on any atom is 0.340 e. The summed E-state index contributed by atoms with van der Waals surface area (Å²) in [6, 6.07) is 0. The predicted molar refractivity (Wildman–Crippen MR) is 74.8 cm³/mol. The number of nitrogens with one attached hydrogen (secondary N) is 3. The normalized spacial score (nSPS) is 29.6. The van der Waals surface area contributed by atoms with E-state index in [9.17, 15) is 4.79 Å². The molecule has 0 aliphatic carbocycles. The molecule has 0 saturated carbocycles. The van der Waals surface area contributed by atoms with Crippen LogP contribution in [0.15, 0.2) is 21.9 Å². The van der Waals surface area contributed by atoms with E-state index in [0.29, 0.717) is 11.5 Å². The second-order valence-corrected chi connectivity index (χ2v) is 5.11. The molecule has 3 heterocycles. The van der Waals surface area contributed by atoms with Gasteiger partial charge in [-0.25, -0.2) is 14.9 Å². The number of rotatable bonds is 4. The number of aromatic amines is 2. The lowest BCUT2D eigenvalue weighted by Crippen LogP contribution is -2.31. The van der Waals surface area contributed by atoms with Crippen LogP contribution in [-0.4, -0.2) is 46.3 Å². The summed E-state index contributed by atoms with van der Waals surface area (Å²) < 4.78 is 6.08. The van der Waals surface area contributed by atoms with E-state index in [4.69, 9.17) is 4.74 Å². The van der Waals surface area contributed by atoms with Crippen LogP contribution in [0.2, 0.25) is 0 Å². The van der Waals surface area contributed by atoms with Gasteiger partial charge in [-0.1, -0.05) is 13.0 Å². The Morgan fingerprint density at radius 3 is 3.05 bits per heavy atom. The Labute approximate surface area is 116 Å². The molecule has 3 atom stereocenters. The van der Waals surface area contributed by atoms with Crippen LogP contribution in [0.1, 0.15) is 25.6 Å². The molecule has 3 N–H and O–H groups in total. The van der Waals surface area contributed by atoms with E-state index in [0.717, 1.165) is 25.9 Å². The second-order valence-electron chi connectivity index (χ2n) is 5.11. The molecule has 7 heteroatoms. The van der Waals surface area contributed by atoms with Crippen LogP contribution in [0.4, 0.5) is 0 Å². The molecule has 1 aromatic heterocycles. The first kappa shape index (κ1) is 13.3. The van der Waals surface area contributed by atoms with Gasteiger partial charge in [-0.3, -0.25) is 4.98 Å². The predicted octanol–water partition coefficient (Wildman–Crippen LogP) is 0.188. The number of hydrogen-bond donors (Lipinski definition) is 3. The summed E-state index contributed by atoms with van der Waals surface area (Å²) in [6.07, 6.45) is 5.97. The smallest absolute Gasteiger partial charge is 0.340 e. The first-order valence-electron chi connectivity index (χ1n) is 7.03. The highest BCUT2D eigenvalue weighted by molar-refractivity contribution is 6.06. The highest BCUT2D eigenvalue weighted by atomic mass is 16.5. The third-order valence-corrected chi connectivity index (χ3v) is 3.70. The zero-order valence-electron chi connectivity index (χ0n) is 11.4. The number of nitrogens with zero attached hydrogens (tertiary/aromatic N) is 2. The molecule has 0 bridgehead atoms. The highest BCUT2D eigenvalue weighted by Crippen LogP contribution is 2.23. The zero-order valence-corrected chi connectivity index (χ0v) is 11.4. The largest absolute Gasteiger partial charge is 0.351 e. The first-order valence-corrected chi connectivity index (χ1v) is 7.03. The van der Waals surface area contributed by atoms with Crippen LogP contribution in [-0.2, 0) is 4.74 Å². The lowest BCUT2D eigenvalue weighted by molar-refractivity contribution is -0.0193. The fraction of sp³-hybridized carbons (Fsp3) is 0.615. The third kappa shape index (κ3) is 2.73. The maximum absolute atomic E-state index is 11.1. The summed E-state index contributed by atoms with van der Waals surface area (Å²) in [4.78, 5) is 18.4. The van der Waals surface area contributed by atoms with Gasteiger partial charge in [0.1, 0.15) is 5.71 Å².